The normalized spacial score (nSPS) is 11.3. The van der Waals surface area contributed by atoms with E-state index in [1.54, 1.807) is 51.1 Å². The number of rotatable bonds is 8. The monoisotopic (exact) mass is 418 g/mol. The van der Waals surface area contributed by atoms with Crippen molar-refractivity contribution in [1.29, 1.82) is 0 Å². The predicted octanol–water partition coefficient (Wildman–Crippen LogP) is 2.99. The highest BCUT2D eigenvalue weighted by Gasteiger charge is 2.23. The van der Waals surface area contributed by atoms with E-state index >= 15 is 0 Å². The van der Waals surface area contributed by atoms with E-state index < -0.39 is 21.9 Å². The van der Waals surface area contributed by atoms with E-state index in [9.17, 15) is 18.0 Å². The topological polar surface area (TPSA) is 92.8 Å². The Bertz CT molecular complexity index is 998. The first-order valence-electron chi connectivity index (χ1n) is 9.31. The number of amides is 1. The Balaban J connectivity index is 2.37. The second-order valence-corrected chi connectivity index (χ2v) is 8.37. The van der Waals surface area contributed by atoms with Gasteiger partial charge in [-0.05, 0) is 36.2 Å². The first-order valence-corrected chi connectivity index (χ1v) is 10.7. The number of hydrogen-bond donors (Lipinski definition) is 1. The van der Waals surface area contributed by atoms with E-state index in [4.69, 9.17) is 4.74 Å². The molecule has 29 heavy (non-hydrogen) atoms. The average Bonchev–Trinajstić information content (AvgIpc) is 2.70. The third-order valence-electron chi connectivity index (χ3n) is 4.62. The molecule has 0 saturated carbocycles. The summed E-state index contributed by atoms with van der Waals surface area (Å²) in [6.45, 7) is 5.95. The van der Waals surface area contributed by atoms with Gasteiger partial charge < -0.3 is 10.1 Å². The van der Waals surface area contributed by atoms with Crippen molar-refractivity contribution in [1.82, 2.24) is 4.31 Å². The van der Waals surface area contributed by atoms with Crippen LogP contribution >= 0.6 is 0 Å². The lowest BCUT2D eigenvalue weighted by atomic mass is 10.1. The smallest absolute Gasteiger partial charge is 0.310 e. The molecule has 0 heterocycles. The van der Waals surface area contributed by atoms with Crippen molar-refractivity contribution in [3.63, 3.8) is 0 Å². The SMILES string of the molecule is CCN(CC)S(=O)(=O)c1ccc(C)c(C(=O)Nc2ccccc2CC(=O)OC)c1. The Morgan fingerprint density at radius 3 is 2.34 bits per heavy atom. The average molecular weight is 419 g/mol. The minimum Gasteiger partial charge on any atom is -0.469 e. The van der Waals surface area contributed by atoms with Crippen LogP contribution in [-0.4, -0.2) is 44.8 Å². The molecule has 2 aromatic rings. The maximum atomic E-state index is 12.9. The number of hydrogen-bond acceptors (Lipinski definition) is 5. The standard InChI is InChI=1S/C21H26N2O5S/c1-5-23(6-2)29(26,27)17-12-11-15(3)18(14-17)21(25)22-19-10-8-7-9-16(19)13-20(24)28-4/h7-12,14H,5-6,13H2,1-4H3,(H,22,25). The lowest BCUT2D eigenvalue weighted by Crippen LogP contribution is -2.30. The third-order valence-corrected chi connectivity index (χ3v) is 6.67. The molecule has 2 rings (SSSR count). The Kier molecular flexibility index (Phi) is 7.53. The number of nitrogens with zero attached hydrogens (tertiary/aromatic N) is 1. The van der Waals surface area contributed by atoms with E-state index in [0.29, 0.717) is 29.9 Å². The molecule has 0 unspecified atom stereocenters. The summed E-state index contributed by atoms with van der Waals surface area (Å²) in [5.41, 5.74) is 1.98. The van der Waals surface area contributed by atoms with Gasteiger partial charge in [0.1, 0.15) is 0 Å². The Morgan fingerprint density at radius 1 is 1.07 bits per heavy atom. The van der Waals surface area contributed by atoms with Crippen molar-refractivity contribution >= 4 is 27.6 Å². The van der Waals surface area contributed by atoms with E-state index in [1.165, 1.54) is 23.5 Å². The maximum Gasteiger partial charge on any atom is 0.310 e. The fraction of sp³-hybridized carbons (Fsp3) is 0.333. The molecular weight excluding hydrogens is 392 g/mol. The van der Waals surface area contributed by atoms with Gasteiger partial charge in [-0.15, -0.1) is 0 Å². The van der Waals surface area contributed by atoms with Crippen LogP contribution in [0.2, 0.25) is 0 Å². The van der Waals surface area contributed by atoms with Gasteiger partial charge in [-0.25, -0.2) is 8.42 Å². The van der Waals surface area contributed by atoms with Crippen molar-refractivity contribution < 1.29 is 22.7 Å². The maximum absolute atomic E-state index is 12.9. The molecule has 0 saturated heterocycles. The fourth-order valence-corrected chi connectivity index (χ4v) is 4.42. The van der Waals surface area contributed by atoms with Gasteiger partial charge in [0.05, 0.1) is 18.4 Å². The molecule has 0 aliphatic rings. The van der Waals surface area contributed by atoms with Crippen molar-refractivity contribution in [2.75, 3.05) is 25.5 Å². The number of nitrogens with one attached hydrogen (secondary N) is 1. The summed E-state index contributed by atoms with van der Waals surface area (Å²) >= 11 is 0. The largest absolute Gasteiger partial charge is 0.469 e. The Hall–Kier alpha value is -2.71. The van der Waals surface area contributed by atoms with Crippen LogP contribution in [0.1, 0.15) is 35.3 Å². The molecule has 1 amide bonds. The number of carbonyl (C=O) groups excluding carboxylic acids is 2. The van der Waals surface area contributed by atoms with Crippen LogP contribution in [0.15, 0.2) is 47.4 Å². The zero-order valence-electron chi connectivity index (χ0n) is 17.1. The lowest BCUT2D eigenvalue weighted by Gasteiger charge is -2.19. The molecule has 0 aliphatic carbocycles. The number of sulfonamides is 1. The van der Waals surface area contributed by atoms with Crippen LogP contribution in [0.3, 0.4) is 0 Å². The van der Waals surface area contributed by atoms with E-state index in [-0.39, 0.29) is 16.9 Å². The minimum absolute atomic E-state index is 0.0162. The summed E-state index contributed by atoms with van der Waals surface area (Å²) in [5.74, 6) is -0.869. The summed E-state index contributed by atoms with van der Waals surface area (Å²) in [5, 5.41) is 2.78. The zero-order chi connectivity index (χ0) is 21.6. The van der Waals surface area contributed by atoms with Gasteiger partial charge in [0.25, 0.3) is 5.91 Å². The first kappa shape index (κ1) is 22.6. The van der Waals surface area contributed by atoms with E-state index in [2.05, 4.69) is 5.32 Å². The Morgan fingerprint density at radius 2 is 1.72 bits per heavy atom. The van der Waals surface area contributed by atoms with Crippen LogP contribution in [0.4, 0.5) is 5.69 Å². The first-order chi connectivity index (χ1) is 13.7. The molecule has 1 N–H and O–H groups in total. The molecule has 0 atom stereocenters. The van der Waals surface area contributed by atoms with Gasteiger partial charge in [-0.2, -0.15) is 4.31 Å². The molecule has 2 aromatic carbocycles. The summed E-state index contributed by atoms with van der Waals surface area (Å²) in [7, 11) is -2.38. The van der Waals surface area contributed by atoms with Crippen molar-refractivity contribution in [2.45, 2.75) is 32.1 Å². The number of benzene rings is 2. The van der Waals surface area contributed by atoms with Crippen molar-refractivity contribution in [2.24, 2.45) is 0 Å². The number of carbonyl (C=O) groups is 2. The molecule has 0 radical (unpaired) electrons. The van der Waals surface area contributed by atoms with E-state index in [0.717, 1.165) is 0 Å². The highest BCUT2D eigenvalue weighted by Crippen LogP contribution is 2.22. The van der Waals surface area contributed by atoms with Crippen molar-refractivity contribution in [3.05, 3.63) is 59.2 Å². The quantitative estimate of drug-likeness (QED) is 0.665. The molecule has 0 bridgehead atoms. The highest BCUT2D eigenvalue weighted by molar-refractivity contribution is 7.89. The van der Waals surface area contributed by atoms with Gasteiger partial charge in [-0.1, -0.05) is 38.1 Å². The highest BCUT2D eigenvalue weighted by atomic mass is 32.2. The third kappa shape index (κ3) is 5.21. The fourth-order valence-electron chi connectivity index (χ4n) is 2.93. The van der Waals surface area contributed by atoms with Crippen LogP contribution in [0, 0.1) is 6.92 Å². The molecule has 0 fully saturated rings. The van der Waals surface area contributed by atoms with Crippen LogP contribution < -0.4 is 5.32 Å². The number of methoxy groups -OCH3 is 1. The lowest BCUT2D eigenvalue weighted by molar-refractivity contribution is -0.139. The van der Waals surface area contributed by atoms with Gasteiger partial charge >= 0.3 is 5.97 Å². The van der Waals surface area contributed by atoms with Crippen LogP contribution in [-0.2, 0) is 26.0 Å². The molecule has 7 nitrogen and oxygen atoms in total. The Labute approximate surface area is 171 Å². The molecular formula is C21H26N2O5S. The van der Waals surface area contributed by atoms with Crippen LogP contribution in [0.25, 0.3) is 0 Å². The summed E-state index contributed by atoms with van der Waals surface area (Å²) in [6, 6.07) is 11.4. The minimum atomic E-state index is -3.68. The van der Waals surface area contributed by atoms with Gasteiger partial charge in [0.2, 0.25) is 10.0 Å². The zero-order valence-corrected chi connectivity index (χ0v) is 17.9. The number of anilines is 1. The molecule has 156 valence electrons. The summed E-state index contributed by atoms with van der Waals surface area (Å²) in [4.78, 5) is 24.6. The van der Waals surface area contributed by atoms with Crippen molar-refractivity contribution in [3.8, 4) is 0 Å². The predicted molar refractivity (Wildman–Crippen MR) is 111 cm³/mol. The summed E-state index contributed by atoms with van der Waals surface area (Å²) in [6.07, 6.45) is 0.0162. The van der Waals surface area contributed by atoms with Crippen LogP contribution in [0.5, 0.6) is 0 Å². The van der Waals surface area contributed by atoms with E-state index in [1.807, 2.05) is 0 Å². The molecule has 0 aromatic heterocycles. The number of esters is 1. The number of ether oxygens (including phenoxy) is 1. The van der Waals surface area contributed by atoms with Gasteiger partial charge in [0.15, 0.2) is 0 Å². The molecule has 0 spiro atoms. The molecule has 8 heteroatoms. The second kappa shape index (κ2) is 9.67. The number of para-hydroxylation sites is 1. The second-order valence-electron chi connectivity index (χ2n) is 6.43. The summed E-state index contributed by atoms with van der Waals surface area (Å²) < 4.78 is 31.6. The molecule has 0 aliphatic heterocycles. The number of aryl methyl sites for hydroxylation is 1. The van der Waals surface area contributed by atoms with Gasteiger partial charge in [-0.3, -0.25) is 9.59 Å². The van der Waals surface area contributed by atoms with Gasteiger partial charge in [0, 0.05) is 24.3 Å².